The van der Waals surface area contributed by atoms with Crippen molar-refractivity contribution in [3.63, 3.8) is 0 Å². The summed E-state index contributed by atoms with van der Waals surface area (Å²) in [5.41, 5.74) is 1.68. The van der Waals surface area contributed by atoms with Crippen LogP contribution in [0.4, 0.5) is 8.78 Å². The lowest BCUT2D eigenvalue weighted by Gasteiger charge is -2.27. The molecular formula is C23H29ClF2N2O. The highest BCUT2D eigenvalue weighted by atomic mass is 35.5. The van der Waals surface area contributed by atoms with E-state index in [4.69, 9.17) is 11.6 Å². The van der Waals surface area contributed by atoms with Crippen LogP contribution >= 0.6 is 11.6 Å². The first kappa shape index (κ1) is 20.8. The van der Waals surface area contributed by atoms with E-state index >= 15 is 0 Å². The quantitative estimate of drug-likeness (QED) is 0.572. The molecular weight excluding hydrogens is 394 g/mol. The van der Waals surface area contributed by atoms with Crippen molar-refractivity contribution >= 4 is 28.3 Å². The van der Waals surface area contributed by atoms with Crippen molar-refractivity contribution in [2.75, 3.05) is 13.1 Å². The van der Waals surface area contributed by atoms with E-state index in [0.29, 0.717) is 42.2 Å². The lowest BCUT2D eigenvalue weighted by atomic mass is 9.83. The van der Waals surface area contributed by atoms with E-state index in [1.54, 1.807) is 0 Å². The minimum atomic E-state index is -2.52. The Morgan fingerprint density at radius 3 is 2.72 bits per heavy atom. The van der Waals surface area contributed by atoms with Gasteiger partial charge >= 0.3 is 0 Å². The van der Waals surface area contributed by atoms with Crippen LogP contribution in [0.2, 0.25) is 5.02 Å². The molecule has 1 aliphatic heterocycles. The lowest BCUT2D eigenvalue weighted by molar-refractivity contribution is -0.0464. The summed E-state index contributed by atoms with van der Waals surface area (Å²) in [6.07, 6.45) is 6.32. The normalized spacial score (nSPS) is 22.8. The predicted octanol–water partition coefficient (Wildman–Crippen LogP) is 6.08. The maximum Gasteiger partial charge on any atom is 0.248 e. The van der Waals surface area contributed by atoms with Crippen LogP contribution in [-0.2, 0) is 6.54 Å². The molecule has 6 heteroatoms. The molecule has 1 aromatic heterocycles. The molecule has 2 fully saturated rings. The molecule has 1 atom stereocenters. The van der Waals surface area contributed by atoms with Gasteiger partial charge < -0.3 is 9.88 Å². The van der Waals surface area contributed by atoms with E-state index in [1.807, 2.05) is 24.4 Å². The van der Waals surface area contributed by atoms with Crippen LogP contribution in [0.1, 0.15) is 61.7 Å². The third kappa shape index (κ3) is 4.83. The molecule has 1 aromatic carbocycles. The van der Waals surface area contributed by atoms with E-state index in [0.717, 1.165) is 30.5 Å². The molecule has 29 heavy (non-hydrogen) atoms. The summed E-state index contributed by atoms with van der Waals surface area (Å²) >= 11 is 6.48. The standard InChI is InChI=1S/C23H29ClF2N2O/c24-19-4-1-5-20-22(19)18(15-28(20)14-17-3-2-12-27-13-17)21(29)7-6-16-8-10-23(25,26)11-9-16/h1,4-5,15-17,27H,2-3,6-14H2. The van der Waals surface area contributed by atoms with Gasteiger partial charge in [-0.15, -0.1) is 0 Å². The fourth-order valence-corrected chi connectivity index (χ4v) is 5.16. The third-order valence-electron chi connectivity index (χ3n) is 6.63. The zero-order valence-electron chi connectivity index (χ0n) is 16.7. The molecule has 0 amide bonds. The summed E-state index contributed by atoms with van der Waals surface area (Å²) in [5.74, 6) is -1.68. The van der Waals surface area contributed by atoms with Gasteiger partial charge in [-0.3, -0.25) is 4.79 Å². The van der Waals surface area contributed by atoms with E-state index in [9.17, 15) is 13.6 Å². The number of hydrogen-bond acceptors (Lipinski definition) is 2. The number of Topliss-reactive ketones (excluding diaryl/α,β-unsaturated/α-hetero) is 1. The highest BCUT2D eigenvalue weighted by molar-refractivity contribution is 6.37. The fraction of sp³-hybridized carbons (Fsp3) is 0.609. The number of carbonyl (C=O) groups excluding carboxylic acids is 1. The molecule has 0 radical (unpaired) electrons. The number of hydrogen-bond donors (Lipinski definition) is 1. The number of rotatable bonds is 6. The molecule has 0 bridgehead atoms. The molecule has 1 saturated heterocycles. The first-order valence-electron chi connectivity index (χ1n) is 10.8. The SMILES string of the molecule is O=C(CCC1CCC(F)(F)CC1)c1cn(CC2CCCNC2)c2cccc(Cl)c12. The second-order valence-corrected chi connectivity index (χ2v) is 9.21. The number of carbonyl (C=O) groups is 1. The minimum Gasteiger partial charge on any atom is -0.346 e. The van der Waals surface area contributed by atoms with Gasteiger partial charge in [0.25, 0.3) is 0 Å². The summed E-state index contributed by atoms with van der Waals surface area (Å²) < 4.78 is 28.9. The van der Waals surface area contributed by atoms with Crippen molar-refractivity contribution in [2.45, 2.75) is 63.8 Å². The minimum absolute atomic E-state index is 0.0492. The van der Waals surface area contributed by atoms with E-state index < -0.39 is 5.92 Å². The largest absolute Gasteiger partial charge is 0.346 e. The Morgan fingerprint density at radius 1 is 1.21 bits per heavy atom. The number of nitrogens with zero attached hydrogens (tertiary/aromatic N) is 1. The summed E-state index contributed by atoms with van der Waals surface area (Å²) in [6.45, 7) is 2.94. The number of nitrogens with one attached hydrogen (secondary N) is 1. The van der Waals surface area contributed by atoms with Crippen LogP contribution < -0.4 is 5.32 Å². The van der Waals surface area contributed by atoms with Crippen LogP contribution in [0, 0.1) is 11.8 Å². The van der Waals surface area contributed by atoms with Gasteiger partial charge in [0.05, 0.1) is 10.5 Å². The van der Waals surface area contributed by atoms with Gasteiger partial charge in [-0.1, -0.05) is 17.7 Å². The molecule has 1 saturated carbocycles. The Balaban J connectivity index is 1.49. The zero-order chi connectivity index (χ0) is 20.4. The number of halogens is 3. The van der Waals surface area contributed by atoms with Crippen molar-refractivity contribution < 1.29 is 13.6 Å². The molecule has 158 valence electrons. The van der Waals surface area contributed by atoms with Crippen LogP contribution in [0.15, 0.2) is 24.4 Å². The topological polar surface area (TPSA) is 34.0 Å². The number of fused-ring (bicyclic) bond motifs is 1. The molecule has 1 aliphatic carbocycles. The molecule has 1 unspecified atom stereocenters. The van der Waals surface area contributed by atoms with E-state index in [2.05, 4.69) is 9.88 Å². The van der Waals surface area contributed by atoms with Crippen molar-refractivity contribution in [1.82, 2.24) is 9.88 Å². The molecule has 4 rings (SSSR count). The molecule has 3 nitrogen and oxygen atoms in total. The van der Waals surface area contributed by atoms with Gasteiger partial charge in [-0.05, 0) is 69.2 Å². The number of benzene rings is 1. The molecule has 0 spiro atoms. The summed E-state index contributed by atoms with van der Waals surface area (Å²) in [4.78, 5) is 13.1. The van der Waals surface area contributed by atoms with Gasteiger partial charge in [0.2, 0.25) is 5.92 Å². The Morgan fingerprint density at radius 2 is 2.00 bits per heavy atom. The van der Waals surface area contributed by atoms with Gasteiger partial charge in [0, 0.05) is 43.0 Å². The Bertz CT molecular complexity index is 863. The van der Waals surface area contributed by atoms with Gasteiger partial charge in [-0.2, -0.15) is 0 Å². The number of aromatic nitrogens is 1. The summed E-state index contributed by atoms with van der Waals surface area (Å²) in [6, 6.07) is 5.78. The molecule has 2 aromatic rings. The van der Waals surface area contributed by atoms with Crippen LogP contribution in [-0.4, -0.2) is 29.4 Å². The monoisotopic (exact) mass is 422 g/mol. The van der Waals surface area contributed by atoms with E-state index in [1.165, 1.54) is 12.8 Å². The van der Waals surface area contributed by atoms with E-state index in [-0.39, 0.29) is 24.5 Å². The number of alkyl halides is 2. The Kier molecular flexibility index (Phi) is 6.26. The van der Waals surface area contributed by atoms with Crippen molar-refractivity contribution in [1.29, 1.82) is 0 Å². The number of piperidine rings is 1. The molecule has 2 heterocycles. The Hall–Kier alpha value is -1.46. The van der Waals surface area contributed by atoms with Crippen molar-refractivity contribution in [3.05, 3.63) is 35.0 Å². The van der Waals surface area contributed by atoms with Crippen LogP contribution in [0.5, 0.6) is 0 Å². The first-order valence-corrected chi connectivity index (χ1v) is 11.2. The summed E-state index contributed by atoms with van der Waals surface area (Å²) in [5, 5.41) is 4.88. The average Bonchev–Trinajstić information content (AvgIpc) is 3.08. The number of ketones is 1. The fourth-order valence-electron chi connectivity index (χ4n) is 4.89. The van der Waals surface area contributed by atoms with Crippen molar-refractivity contribution in [2.24, 2.45) is 11.8 Å². The highest BCUT2D eigenvalue weighted by Crippen LogP contribution is 2.38. The first-order chi connectivity index (χ1) is 13.9. The zero-order valence-corrected chi connectivity index (χ0v) is 17.5. The van der Waals surface area contributed by atoms with Crippen LogP contribution in [0.3, 0.4) is 0 Å². The molecule has 1 N–H and O–H groups in total. The van der Waals surface area contributed by atoms with Crippen molar-refractivity contribution in [3.8, 4) is 0 Å². The van der Waals surface area contributed by atoms with Gasteiger partial charge in [-0.25, -0.2) is 8.78 Å². The average molecular weight is 423 g/mol. The van der Waals surface area contributed by atoms with Crippen LogP contribution in [0.25, 0.3) is 10.9 Å². The maximum absolute atomic E-state index is 13.4. The maximum atomic E-state index is 13.4. The Labute approximate surface area is 175 Å². The smallest absolute Gasteiger partial charge is 0.248 e. The van der Waals surface area contributed by atoms with Gasteiger partial charge in [0.1, 0.15) is 0 Å². The third-order valence-corrected chi connectivity index (χ3v) is 6.94. The summed E-state index contributed by atoms with van der Waals surface area (Å²) in [7, 11) is 0. The second-order valence-electron chi connectivity index (χ2n) is 8.80. The lowest BCUT2D eigenvalue weighted by Crippen LogP contribution is -2.32. The predicted molar refractivity (Wildman–Crippen MR) is 113 cm³/mol. The van der Waals surface area contributed by atoms with Gasteiger partial charge in [0.15, 0.2) is 5.78 Å². The highest BCUT2D eigenvalue weighted by Gasteiger charge is 2.35. The molecule has 2 aliphatic rings. The second kappa shape index (κ2) is 8.73.